The van der Waals surface area contributed by atoms with Gasteiger partial charge in [-0.1, -0.05) is 19.1 Å². The van der Waals surface area contributed by atoms with Crippen LogP contribution in [-0.4, -0.2) is 37.0 Å². The molecule has 0 aromatic carbocycles. The third-order valence-corrected chi connectivity index (χ3v) is 5.34. The Balaban J connectivity index is 1.60. The molecule has 3 unspecified atom stereocenters. The molecule has 0 aromatic rings. The van der Waals surface area contributed by atoms with Crippen molar-refractivity contribution in [3.63, 3.8) is 0 Å². The number of allylic oxidation sites excluding steroid dienone is 2. The molecule has 1 amide bonds. The van der Waals surface area contributed by atoms with Crippen molar-refractivity contribution in [2.24, 2.45) is 23.7 Å². The van der Waals surface area contributed by atoms with Gasteiger partial charge in [-0.25, -0.2) is 0 Å². The van der Waals surface area contributed by atoms with Gasteiger partial charge in [-0.15, -0.1) is 0 Å². The average Bonchev–Trinajstić information content (AvgIpc) is 3.10. The first kappa shape index (κ1) is 14.1. The van der Waals surface area contributed by atoms with E-state index in [2.05, 4.69) is 29.3 Å². The number of hydrogen-bond donors (Lipinski definition) is 1. The van der Waals surface area contributed by atoms with Crippen molar-refractivity contribution in [3.05, 3.63) is 12.2 Å². The van der Waals surface area contributed by atoms with E-state index in [1.165, 1.54) is 19.3 Å². The molecule has 2 bridgehead atoms. The Morgan fingerprint density at radius 2 is 2.05 bits per heavy atom. The van der Waals surface area contributed by atoms with Crippen LogP contribution in [-0.2, 0) is 4.79 Å². The van der Waals surface area contributed by atoms with Gasteiger partial charge >= 0.3 is 0 Å². The first-order chi connectivity index (χ1) is 9.78. The number of carbonyl (C=O) groups is 1. The van der Waals surface area contributed by atoms with Crippen LogP contribution in [0.1, 0.15) is 39.0 Å². The smallest absolute Gasteiger partial charge is 0.226 e. The van der Waals surface area contributed by atoms with Gasteiger partial charge < -0.3 is 10.2 Å². The van der Waals surface area contributed by atoms with Crippen LogP contribution in [0, 0.1) is 23.7 Å². The Morgan fingerprint density at radius 3 is 2.65 bits per heavy atom. The van der Waals surface area contributed by atoms with Crippen molar-refractivity contribution in [1.29, 1.82) is 0 Å². The van der Waals surface area contributed by atoms with Crippen LogP contribution in [0.3, 0.4) is 0 Å². The number of hydrogen-bond acceptors (Lipinski definition) is 2. The Morgan fingerprint density at radius 1 is 1.25 bits per heavy atom. The molecule has 3 atom stereocenters. The molecule has 3 rings (SSSR count). The average molecular weight is 276 g/mol. The second-order valence-corrected chi connectivity index (χ2v) is 6.86. The molecule has 3 heteroatoms. The topological polar surface area (TPSA) is 32.3 Å². The van der Waals surface area contributed by atoms with E-state index in [4.69, 9.17) is 0 Å². The van der Waals surface area contributed by atoms with Gasteiger partial charge in [-0.3, -0.25) is 4.79 Å². The van der Waals surface area contributed by atoms with Gasteiger partial charge in [0.25, 0.3) is 0 Å². The highest BCUT2D eigenvalue weighted by atomic mass is 16.2. The van der Waals surface area contributed by atoms with Crippen molar-refractivity contribution in [3.8, 4) is 0 Å². The second-order valence-electron chi connectivity index (χ2n) is 6.86. The molecule has 1 aliphatic heterocycles. The van der Waals surface area contributed by atoms with Crippen LogP contribution in [0.4, 0.5) is 0 Å². The lowest BCUT2D eigenvalue weighted by Gasteiger charge is -2.33. The van der Waals surface area contributed by atoms with Gasteiger partial charge in [0.2, 0.25) is 5.91 Å². The number of nitrogens with zero attached hydrogens (tertiary/aromatic N) is 1. The van der Waals surface area contributed by atoms with Crippen LogP contribution in [0.5, 0.6) is 0 Å². The van der Waals surface area contributed by atoms with Crippen LogP contribution in [0.2, 0.25) is 0 Å². The third-order valence-electron chi connectivity index (χ3n) is 5.34. The van der Waals surface area contributed by atoms with Gasteiger partial charge in [0, 0.05) is 19.0 Å². The first-order valence-corrected chi connectivity index (χ1v) is 8.45. The van der Waals surface area contributed by atoms with Gasteiger partial charge in [-0.2, -0.15) is 0 Å². The molecule has 2 aliphatic carbocycles. The number of piperidine rings is 1. The maximum Gasteiger partial charge on any atom is 0.226 e. The molecule has 3 nitrogen and oxygen atoms in total. The zero-order chi connectivity index (χ0) is 13.9. The highest BCUT2D eigenvalue weighted by molar-refractivity contribution is 5.80. The maximum absolute atomic E-state index is 12.9. The normalized spacial score (nSPS) is 32.8. The van der Waals surface area contributed by atoms with Crippen molar-refractivity contribution in [2.75, 3.05) is 26.2 Å². The molecule has 1 saturated carbocycles. The summed E-state index contributed by atoms with van der Waals surface area (Å²) in [5.41, 5.74) is 0. The van der Waals surface area contributed by atoms with E-state index in [0.717, 1.165) is 39.0 Å². The summed E-state index contributed by atoms with van der Waals surface area (Å²) in [6, 6.07) is 0. The summed E-state index contributed by atoms with van der Waals surface area (Å²) in [7, 11) is 0. The minimum atomic E-state index is 0.290. The van der Waals surface area contributed by atoms with E-state index in [1.807, 2.05) is 0 Å². The molecular formula is C17H28N2O. The number of amides is 1. The molecular weight excluding hydrogens is 248 g/mol. The molecule has 0 radical (unpaired) electrons. The molecule has 1 heterocycles. The van der Waals surface area contributed by atoms with E-state index >= 15 is 0 Å². The number of rotatable bonds is 5. The highest BCUT2D eigenvalue weighted by Crippen LogP contribution is 2.44. The standard InChI is InChI=1S/C17H28N2O/c1-2-9-19(12-13-5-7-18-8-6-13)17(20)16-11-14-3-4-15(16)10-14/h3-4,13-16,18H,2,5-12H2,1H3. The minimum Gasteiger partial charge on any atom is -0.342 e. The number of nitrogens with one attached hydrogen (secondary N) is 1. The van der Waals surface area contributed by atoms with Crippen molar-refractivity contribution in [2.45, 2.75) is 39.0 Å². The number of carbonyl (C=O) groups excluding carboxylic acids is 1. The Hall–Kier alpha value is -0.830. The zero-order valence-corrected chi connectivity index (χ0v) is 12.7. The third kappa shape index (κ3) is 2.93. The van der Waals surface area contributed by atoms with Gasteiger partial charge in [-0.05, 0) is 62.9 Å². The Labute approximate surface area is 122 Å². The van der Waals surface area contributed by atoms with Crippen LogP contribution in [0.15, 0.2) is 12.2 Å². The molecule has 2 fully saturated rings. The number of fused-ring (bicyclic) bond motifs is 2. The van der Waals surface area contributed by atoms with Crippen LogP contribution >= 0.6 is 0 Å². The fraction of sp³-hybridized carbons (Fsp3) is 0.824. The van der Waals surface area contributed by atoms with E-state index in [1.54, 1.807) is 0 Å². The summed E-state index contributed by atoms with van der Waals surface area (Å²) in [6.45, 7) is 6.36. The second kappa shape index (κ2) is 6.30. The van der Waals surface area contributed by atoms with E-state index in [9.17, 15) is 4.79 Å². The molecule has 20 heavy (non-hydrogen) atoms. The monoisotopic (exact) mass is 276 g/mol. The predicted octanol–water partition coefficient (Wildman–Crippen LogP) is 2.44. The summed E-state index contributed by atoms with van der Waals surface area (Å²) in [4.78, 5) is 15.1. The van der Waals surface area contributed by atoms with Crippen molar-refractivity contribution in [1.82, 2.24) is 10.2 Å². The van der Waals surface area contributed by atoms with Crippen molar-refractivity contribution >= 4 is 5.91 Å². The largest absolute Gasteiger partial charge is 0.342 e. The van der Waals surface area contributed by atoms with Crippen LogP contribution < -0.4 is 5.32 Å². The predicted molar refractivity (Wildman–Crippen MR) is 81.3 cm³/mol. The first-order valence-electron chi connectivity index (χ1n) is 8.45. The molecule has 0 aromatic heterocycles. The van der Waals surface area contributed by atoms with Crippen molar-refractivity contribution < 1.29 is 4.79 Å². The molecule has 1 saturated heterocycles. The molecule has 112 valence electrons. The van der Waals surface area contributed by atoms with Gasteiger partial charge in [0.1, 0.15) is 0 Å². The van der Waals surface area contributed by atoms with Crippen LogP contribution in [0.25, 0.3) is 0 Å². The molecule has 1 N–H and O–H groups in total. The lowest BCUT2D eigenvalue weighted by Crippen LogP contribution is -2.43. The Bertz CT molecular complexity index is 373. The lowest BCUT2D eigenvalue weighted by molar-refractivity contribution is -0.137. The summed E-state index contributed by atoms with van der Waals surface area (Å²) in [5.74, 6) is 2.68. The van der Waals surface area contributed by atoms with Gasteiger partial charge in [0.15, 0.2) is 0 Å². The molecule has 3 aliphatic rings. The van der Waals surface area contributed by atoms with E-state index in [0.29, 0.717) is 29.6 Å². The fourth-order valence-electron chi connectivity index (χ4n) is 4.24. The summed E-state index contributed by atoms with van der Waals surface area (Å²) in [6.07, 6.45) is 10.5. The minimum absolute atomic E-state index is 0.290. The summed E-state index contributed by atoms with van der Waals surface area (Å²) < 4.78 is 0. The lowest BCUT2D eigenvalue weighted by atomic mass is 9.91. The Kier molecular flexibility index (Phi) is 4.45. The summed E-state index contributed by atoms with van der Waals surface area (Å²) in [5, 5.41) is 3.41. The fourth-order valence-corrected chi connectivity index (χ4v) is 4.24. The summed E-state index contributed by atoms with van der Waals surface area (Å²) >= 11 is 0. The SMILES string of the molecule is CCCN(CC1CCNCC1)C(=O)C1CC2C=CC1C2. The van der Waals surface area contributed by atoms with E-state index in [-0.39, 0.29) is 0 Å². The van der Waals surface area contributed by atoms with Gasteiger partial charge in [0.05, 0.1) is 0 Å². The quantitative estimate of drug-likeness (QED) is 0.782. The van der Waals surface area contributed by atoms with E-state index < -0.39 is 0 Å². The zero-order valence-electron chi connectivity index (χ0n) is 12.7. The maximum atomic E-state index is 12.9. The highest BCUT2D eigenvalue weighted by Gasteiger charge is 2.41. The molecule has 0 spiro atoms.